The van der Waals surface area contributed by atoms with E-state index in [0.29, 0.717) is 38.6 Å². The van der Waals surface area contributed by atoms with E-state index in [1.807, 2.05) is 20.8 Å². The first-order valence-electron chi connectivity index (χ1n) is 9.02. The van der Waals surface area contributed by atoms with Crippen LogP contribution in [0, 0.1) is 5.92 Å². The fraction of sp³-hybridized carbons (Fsp3) is 0.875. The van der Waals surface area contributed by atoms with Crippen LogP contribution in [-0.4, -0.2) is 69.6 Å². The van der Waals surface area contributed by atoms with Crippen molar-refractivity contribution >= 4 is 45.9 Å². The first kappa shape index (κ1) is 25.4. The quantitative estimate of drug-likeness (QED) is 0.196. The van der Waals surface area contributed by atoms with Gasteiger partial charge in [0.05, 0.1) is 5.75 Å². The van der Waals surface area contributed by atoms with Crippen LogP contribution >= 0.6 is 24.0 Å². The van der Waals surface area contributed by atoms with E-state index in [4.69, 9.17) is 0 Å². The topological polar surface area (TPSA) is 103 Å². The highest BCUT2D eigenvalue weighted by molar-refractivity contribution is 14.0. The highest BCUT2D eigenvalue weighted by Gasteiger charge is 2.27. The number of amides is 1. The predicted molar refractivity (Wildman–Crippen MR) is 116 cm³/mol. The molecular formula is C16H34IN5O3S. The molecule has 0 unspecified atom stereocenters. The van der Waals surface area contributed by atoms with Gasteiger partial charge >= 0.3 is 0 Å². The van der Waals surface area contributed by atoms with Crippen molar-refractivity contribution in [2.24, 2.45) is 10.9 Å². The molecule has 1 saturated heterocycles. The van der Waals surface area contributed by atoms with Gasteiger partial charge in [-0.3, -0.25) is 9.79 Å². The van der Waals surface area contributed by atoms with Crippen LogP contribution in [0.15, 0.2) is 4.99 Å². The summed E-state index contributed by atoms with van der Waals surface area (Å²) in [6.45, 7) is 7.80. The highest BCUT2D eigenvalue weighted by atomic mass is 127. The maximum absolute atomic E-state index is 12.1. The predicted octanol–water partition coefficient (Wildman–Crippen LogP) is 0.746. The minimum absolute atomic E-state index is 0. The van der Waals surface area contributed by atoms with Crippen molar-refractivity contribution < 1.29 is 13.2 Å². The second kappa shape index (κ2) is 12.7. The lowest BCUT2D eigenvalue weighted by Crippen LogP contribution is -2.50. The highest BCUT2D eigenvalue weighted by Crippen LogP contribution is 2.15. The molecule has 10 heteroatoms. The molecule has 1 fully saturated rings. The van der Waals surface area contributed by atoms with Gasteiger partial charge in [-0.2, -0.15) is 0 Å². The molecule has 1 rings (SSSR count). The fourth-order valence-corrected chi connectivity index (χ4v) is 4.17. The van der Waals surface area contributed by atoms with Crippen molar-refractivity contribution in [1.29, 1.82) is 0 Å². The van der Waals surface area contributed by atoms with Crippen LogP contribution in [0.5, 0.6) is 0 Å². The van der Waals surface area contributed by atoms with Gasteiger partial charge in [0, 0.05) is 45.2 Å². The maximum atomic E-state index is 12.1. The van der Waals surface area contributed by atoms with Crippen LogP contribution < -0.4 is 16.0 Å². The Labute approximate surface area is 175 Å². The Morgan fingerprint density at radius 2 is 1.77 bits per heavy atom. The lowest BCUT2D eigenvalue weighted by atomic mass is 10.1. The lowest BCUT2D eigenvalue weighted by Gasteiger charge is -2.32. The smallest absolute Gasteiger partial charge is 0.222 e. The Morgan fingerprint density at radius 3 is 2.27 bits per heavy atom. The molecule has 0 saturated carbocycles. The van der Waals surface area contributed by atoms with Crippen molar-refractivity contribution in [3.63, 3.8) is 0 Å². The zero-order valence-electron chi connectivity index (χ0n) is 16.2. The zero-order valence-corrected chi connectivity index (χ0v) is 19.4. The summed E-state index contributed by atoms with van der Waals surface area (Å²) in [6.07, 6.45) is 2.16. The number of carbonyl (C=O) groups is 1. The summed E-state index contributed by atoms with van der Waals surface area (Å²) >= 11 is 0. The van der Waals surface area contributed by atoms with E-state index >= 15 is 0 Å². The molecule has 0 spiro atoms. The number of piperidine rings is 1. The fourth-order valence-electron chi connectivity index (χ4n) is 2.62. The Balaban J connectivity index is 0.00000625. The molecule has 0 aromatic carbocycles. The van der Waals surface area contributed by atoms with E-state index in [1.54, 1.807) is 11.4 Å². The van der Waals surface area contributed by atoms with Gasteiger partial charge in [0.25, 0.3) is 0 Å². The van der Waals surface area contributed by atoms with E-state index in [0.717, 1.165) is 12.8 Å². The molecule has 0 aromatic heterocycles. The molecule has 1 aliphatic heterocycles. The molecule has 8 nitrogen and oxygen atoms in total. The van der Waals surface area contributed by atoms with Crippen LogP contribution in [0.1, 0.15) is 40.0 Å². The van der Waals surface area contributed by atoms with Crippen molar-refractivity contribution in [1.82, 2.24) is 20.3 Å². The third kappa shape index (κ3) is 8.85. The first-order valence-corrected chi connectivity index (χ1v) is 10.6. The Morgan fingerprint density at radius 1 is 1.19 bits per heavy atom. The van der Waals surface area contributed by atoms with Crippen molar-refractivity contribution in [3.8, 4) is 0 Å². The van der Waals surface area contributed by atoms with Gasteiger partial charge in [-0.1, -0.05) is 20.8 Å². The van der Waals surface area contributed by atoms with Gasteiger partial charge in [0.1, 0.15) is 0 Å². The monoisotopic (exact) mass is 503 g/mol. The zero-order chi connectivity index (χ0) is 18.9. The normalized spacial score (nSPS) is 16.9. The lowest BCUT2D eigenvalue weighted by molar-refractivity contribution is -0.123. The summed E-state index contributed by atoms with van der Waals surface area (Å²) < 4.78 is 25.8. The third-order valence-corrected chi connectivity index (χ3v) is 6.19. The number of nitrogens with one attached hydrogen (secondary N) is 3. The second-order valence-electron chi connectivity index (χ2n) is 6.58. The minimum Gasteiger partial charge on any atom is -0.355 e. The van der Waals surface area contributed by atoms with Gasteiger partial charge in [-0.05, 0) is 19.3 Å². The molecule has 154 valence electrons. The summed E-state index contributed by atoms with van der Waals surface area (Å²) in [5, 5.41) is 9.33. The summed E-state index contributed by atoms with van der Waals surface area (Å²) in [6, 6.07) is 0.199. The molecule has 0 aliphatic carbocycles. The molecule has 1 heterocycles. The summed E-state index contributed by atoms with van der Waals surface area (Å²) in [5.41, 5.74) is 0. The number of rotatable bonds is 8. The van der Waals surface area contributed by atoms with Crippen LogP contribution in [0.2, 0.25) is 0 Å². The molecule has 1 amide bonds. The largest absolute Gasteiger partial charge is 0.355 e. The first-order chi connectivity index (χ1) is 11.8. The van der Waals surface area contributed by atoms with Gasteiger partial charge < -0.3 is 16.0 Å². The number of hydrogen-bond acceptors (Lipinski definition) is 4. The number of hydrogen-bond donors (Lipinski definition) is 3. The van der Waals surface area contributed by atoms with Gasteiger partial charge in [-0.15, -0.1) is 24.0 Å². The van der Waals surface area contributed by atoms with E-state index < -0.39 is 10.0 Å². The average Bonchev–Trinajstić information content (AvgIpc) is 2.57. The van der Waals surface area contributed by atoms with Crippen LogP contribution in [0.4, 0.5) is 0 Å². The molecule has 3 N–H and O–H groups in total. The number of sulfonamides is 1. The van der Waals surface area contributed by atoms with E-state index in [1.165, 1.54) is 0 Å². The van der Waals surface area contributed by atoms with E-state index in [-0.39, 0.29) is 47.6 Å². The second-order valence-corrected chi connectivity index (χ2v) is 8.67. The molecule has 0 atom stereocenters. The Bertz CT molecular complexity index is 546. The molecule has 26 heavy (non-hydrogen) atoms. The molecule has 0 bridgehead atoms. The van der Waals surface area contributed by atoms with Gasteiger partial charge in [0.15, 0.2) is 5.96 Å². The van der Waals surface area contributed by atoms with Crippen molar-refractivity contribution in [3.05, 3.63) is 0 Å². The number of guanidine groups is 1. The SMILES string of the molecule is CCCS(=O)(=O)N1CCC(NC(=NC)NCCNC(=O)C(C)C)CC1.I. The van der Waals surface area contributed by atoms with E-state index in [9.17, 15) is 13.2 Å². The van der Waals surface area contributed by atoms with Crippen LogP contribution in [-0.2, 0) is 14.8 Å². The summed E-state index contributed by atoms with van der Waals surface area (Å²) in [7, 11) is -1.41. The maximum Gasteiger partial charge on any atom is 0.222 e. The number of halogens is 1. The van der Waals surface area contributed by atoms with Gasteiger partial charge in [-0.25, -0.2) is 12.7 Å². The summed E-state index contributed by atoms with van der Waals surface area (Å²) in [5.74, 6) is 0.904. The number of aliphatic imine (C=N–C) groups is 1. The van der Waals surface area contributed by atoms with Crippen LogP contribution in [0.3, 0.4) is 0 Å². The number of nitrogens with zero attached hydrogens (tertiary/aromatic N) is 2. The number of carbonyl (C=O) groups excluding carboxylic acids is 1. The van der Waals surface area contributed by atoms with E-state index in [2.05, 4.69) is 20.9 Å². The van der Waals surface area contributed by atoms with Crippen molar-refractivity contribution in [2.75, 3.05) is 39.0 Å². The van der Waals surface area contributed by atoms with Crippen LogP contribution in [0.25, 0.3) is 0 Å². The minimum atomic E-state index is -3.10. The third-order valence-electron chi connectivity index (χ3n) is 4.11. The Kier molecular flexibility index (Phi) is 12.4. The molecule has 0 aromatic rings. The summed E-state index contributed by atoms with van der Waals surface area (Å²) in [4.78, 5) is 15.7. The molecule has 0 radical (unpaired) electrons. The Hall–Kier alpha value is -0.620. The standard InChI is InChI=1S/C16H33N5O3S.HI/c1-5-12-25(23,24)21-10-6-14(7-11-21)20-16(17-4)19-9-8-18-15(22)13(2)3;/h13-14H,5-12H2,1-4H3,(H,18,22)(H2,17,19,20);1H. The van der Waals surface area contributed by atoms with Gasteiger partial charge in [0.2, 0.25) is 15.9 Å². The average molecular weight is 503 g/mol. The van der Waals surface area contributed by atoms with Crippen molar-refractivity contribution in [2.45, 2.75) is 46.1 Å². The molecular weight excluding hydrogens is 469 g/mol. The molecule has 1 aliphatic rings.